The number of aliphatic carboxylic acids is 1. The summed E-state index contributed by atoms with van der Waals surface area (Å²) in [6, 6.07) is 1.64. The second-order valence-electron chi connectivity index (χ2n) is 5.18. The minimum absolute atomic E-state index is 0.373. The Bertz CT molecular complexity index is 446. The molecular weight excluding hydrogens is 234 g/mol. The Morgan fingerprint density at radius 3 is 2.50 bits per heavy atom. The first kappa shape index (κ1) is 14.2. The zero-order valence-electron chi connectivity index (χ0n) is 11.1. The molecule has 1 aromatic heterocycles. The van der Waals surface area contributed by atoms with Crippen molar-refractivity contribution in [1.82, 2.24) is 9.78 Å². The van der Waals surface area contributed by atoms with Gasteiger partial charge in [0.1, 0.15) is 5.92 Å². The molecule has 1 rings (SSSR count). The first-order chi connectivity index (χ1) is 8.25. The molecule has 1 heterocycles. The summed E-state index contributed by atoms with van der Waals surface area (Å²) in [6.45, 7) is 7.77. The third-order valence-electron chi connectivity index (χ3n) is 2.59. The number of rotatable bonds is 4. The van der Waals surface area contributed by atoms with Crippen molar-refractivity contribution < 1.29 is 14.7 Å². The lowest BCUT2D eigenvalue weighted by molar-refractivity contribution is -0.149. The number of carbonyl (C=O) groups is 2. The van der Waals surface area contributed by atoms with Gasteiger partial charge in [-0.15, -0.1) is 0 Å². The number of carbonyl (C=O) groups excluding carboxylic acids is 1. The predicted molar refractivity (Wildman–Crippen MR) is 67.1 cm³/mol. The van der Waals surface area contributed by atoms with Crippen molar-refractivity contribution in [1.29, 1.82) is 0 Å². The predicted octanol–water partition coefficient (Wildman–Crippen LogP) is 1.59. The van der Waals surface area contributed by atoms with E-state index in [1.165, 1.54) is 0 Å². The van der Waals surface area contributed by atoms with Gasteiger partial charge < -0.3 is 10.4 Å². The monoisotopic (exact) mass is 253 g/mol. The third-order valence-corrected chi connectivity index (χ3v) is 2.59. The van der Waals surface area contributed by atoms with E-state index in [2.05, 4.69) is 10.4 Å². The van der Waals surface area contributed by atoms with Crippen LogP contribution >= 0.6 is 0 Å². The fourth-order valence-electron chi connectivity index (χ4n) is 1.68. The number of amides is 1. The van der Waals surface area contributed by atoms with E-state index in [1.54, 1.807) is 37.7 Å². The average molecular weight is 253 g/mol. The number of hydrogen-bond acceptors (Lipinski definition) is 3. The van der Waals surface area contributed by atoms with Gasteiger partial charge in [-0.2, -0.15) is 5.10 Å². The second-order valence-corrected chi connectivity index (χ2v) is 5.18. The van der Waals surface area contributed by atoms with E-state index in [9.17, 15) is 9.59 Å². The minimum Gasteiger partial charge on any atom is -0.481 e. The van der Waals surface area contributed by atoms with Gasteiger partial charge in [0.25, 0.3) is 0 Å². The molecule has 1 amide bonds. The van der Waals surface area contributed by atoms with E-state index in [-0.39, 0.29) is 0 Å². The van der Waals surface area contributed by atoms with Crippen LogP contribution < -0.4 is 5.32 Å². The topological polar surface area (TPSA) is 84.2 Å². The molecule has 1 aromatic rings. The highest BCUT2D eigenvalue weighted by Crippen LogP contribution is 2.27. The van der Waals surface area contributed by atoms with Crippen molar-refractivity contribution in [3.63, 3.8) is 0 Å². The van der Waals surface area contributed by atoms with Gasteiger partial charge in [-0.1, -0.05) is 20.8 Å². The Hall–Kier alpha value is -1.85. The van der Waals surface area contributed by atoms with E-state index in [4.69, 9.17) is 5.11 Å². The number of carboxylic acids is 1. The van der Waals surface area contributed by atoms with Crippen molar-refractivity contribution in [3.05, 3.63) is 12.3 Å². The molecule has 0 bridgehead atoms. The molecule has 2 N–H and O–H groups in total. The Kier molecular flexibility index (Phi) is 4.11. The maximum Gasteiger partial charge on any atom is 0.316 e. The molecule has 0 radical (unpaired) electrons. The summed E-state index contributed by atoms with van der Waals surface area (Å²) in [6.07, 6.45) is 1.72. The zero-order valence-corrected chi connectivity index (χ0v) is 11.1. The van der Waals surface area contributed by atoms with Gasteiger partial charge in [-0.05, 0) is 12.3 Å². The number of nitrogens with zero attached hydrogens (tertiary/aromatic N) is 2. The van der Waals surface area contributed by atoms with Crippen molar-refractivity contribution in [3.8, 4) is 0 Å². The maximum absolute atomic E-state index is 12.0. The highest BCUT2D eigenvalue weighted by molar-refractivity contribution is 6.04. The number of aromatic nitrogens is 2. The van der Waals surface area contributed by atoms with Crippen molar-refractivity contribution in [2.45, 2.75) is 34.2 Å². The summed E-state index contributed by atoms with van der Waals surface area (Å²) in [5, 5.41) is 15.7. The Morgan fingerprint density at radius 2 is 2.11 bits per heavy atom. The molecule has 18 heavy (non-hydrogen) atoms. The van der Waals surface area contributed by atoms with E-state index in [0.29, 0.717) is 12.4 Å². The maximum atomic E-state index is 12.0. The van der Waals surface area contributed by atoms with Crippen LogP contribution in [0.3, 0.4) is 0 Å². The van der Waals surface area contributed by atoms with Gasteiger partial charge in [-0.25, -0.2) is 0 Å². The van der Waals surface area contributed by atoms with Crippen LogP contribution in [0.5, 0.6) is 0 Å². The lowest BCUT2D eigenvalue weighted by Gasteiger charge is -2.25. The van der Waals surface area contributed by atoms with Crippen molar-refractivity contribution in [2.24, 2.45) is 11.3 Å². The molecule has 1 unspecified atom stereocenters. The SMILES string of the molecule is CCn1ccc(NC(=O)C(C(=O)O)C(C)(C)C)n1. The van der Waals surface area contributed by atoms with Gasteiger partial charge in [0.15, 0.2) is 5.82 Å². The zero-order chi connectivity index (χ0) is 13.9. The highest BCUT2D eigenvalue weighted by atomic mass is 16.4. The minimum atomic E-state index is -1.13. The standard InChI is InChI=1S/C12H19N3O3/c1-5-15-7-6-8(14-15)13-10(16)9(11(17)18)12(2,3)4/h6-7,9H,5H2,1-4H3,(H,17,18)(H,13,14,16). The van der Waals surface area contributed by atoms with Gasteiger partial charge in [0.05, 0.1) is 0 Å². The van der Waals surface area contributed by atoms with Crippen LogP contribution in [0.25, 0.3) is 0 Å². The molecule has 0 aliphatic rings. The summed E-state index contributed by atoms with van der Waals surface area (Å²) in [7, 11) is 0. The molecule has 6 heteroatoms. The molecule has 0 aromatic carbocycles. The van der Waals surface area contributed by atoms with Crippen LogP contribution in [0.15, 0.2) is 12.3 Å². The van der Waals surface area contributed by atoms with Crippen LogP contribution in [-0.2, 0) is 16.1 Å². The van der Waals surface area contributed by atoms with E-state index >= 15 is 0 Å². The third kappa shape index (κ3) is 3.32. The normalized spacial score (nSPS) is 13.1. The van der Waals surface area contributed by atoms with E-state index in [1.807, 2.05) is 6.92 Å². The average Bonchev–Trinajstić information content (AvgIpc) is 2.62. The summed E-state index contributed by atoms with van der Waals surface area (Å²) in [4.78, 5) is 23.1. The second kappa shape index (κ2) is 5.20. The fourth-order valence-corrected chi connectivity index (χ4v) is 1.68. The number of aryl methyl sites for hydroxylation is 1. The summed E-state index contributed by atoms with van der Waals surface area (Å²) >= 11 is 0. The Balaban J connectivity index is 2.82. The Morgan fingerprint density at radius 1 is 1.50 bits per heavy atom. The molecule has 1 atom stereocenters. The molecule has 0 aliphatic carbocycles. The number of nitrogens with one attached hydrogen (secondary N) is 1. The molecule has 0 spiro atoms. The lowest BCUT2D eigenvalue weighted by atomic mass is 9.80. The molecule has 0 saturated heterocycles. The van der Waals surface area contributed by atoms with Crippen LogP contribution in [0.4, 0.5) is 5.82 Å². The fraction of sp³-hybridized carbons (Fsp3) is 0.583. The molecule has 100 valence electrons. The van der Waals surface area contributed by atoms with Crippen LogP contribution in [0.2, 0.25) is 0 Å². The smallest absolute Gasteiger partial charge is 0.316 e. The van der Waals surface area contributed by atoms with E-state index < -0.39 is 23.2 Å². The van der Waals surface area contributed by atoms with E-state index in [0.717, 1.165) is 0 Å². The number of carboxylic acid groups (broad SMARTS) is 1. The van der Waals surface area contributed by atoms with Gasteiger partial charge >= 0.3 is 5.97 Å². The van der Waals surface area contributed by atoms with Crippen LogP contribution in [0, 0.1) is 11.3 Å². The first-order valence-corrected chi connectivity index (χ1v) is 5.83. The number of hydrogen-bond donors (Lipinski definition) is 2. The highest BCUT2D eigenvalue weighted by Gasteiger charge is 2.37. The largest absolute Gasteiger partial charge is 0.481 e. The molecule has 0 aliphatic heterocycles. The van der Waals surface area contributed by atoms with Gasteiger partial charge in [0.2, 0.25) is 5.91 Å². The molecular formula is C12H19N3O3. The molecule has 6 nitrogen and oxygen atoms in total. The first-order valence-electron chi connectivity index (χ1n) is 5.83. The summed E-state index contributed by atoms with van der Waals surface area (Å²) < 4.78 is 1.66. The van der Waals surface area contributed by atoms with Crippen molar-refractivity contribution in [2.75, 3.05) is 5.32 Å². The summed E-state index contributed by atoms with van der Waals surface area (Å²) in [5.74, 6) is -2.41. The van der Waals surface area contributed by atoms with Crippen molar-refractivity contribution >= 4 is 17.7 Å². The van der Waals surface area contributed by atoms with Crippen LogP contribution in [-0.4, -0.2) is 26.8 Å². The van der Waals surface area contributed by atoms with Gasteiger partial charge in [-0.3, -0.25) is 14.3 Å². The quantitative estimate of drug-likeness (QED) is 0.798. The molecule has 0 fully saturated rings. The number of anilines is 1. The molecule has 0 saturated carbocycles. The van der Waals surface area contributed by atoms with Crippen LogP contribution in [0.1, 0.15) is 27.7 Å². The van der Waals surface area contributed by atoms with Gasteiger partial charge in [0, 0.05) is 18.8 Å². The summed E-state index contributed by atoms with van der Waals surface area (Å²) in [5.41, 5.74) is -0.650. The lowest BCUT2D eigenvalue weighted by Crippen LogP contribution is -2.39. The Labute approximate surface area is 106 Å².